The van der Waals surface area contributed by atoms with Gasteiger partial charge in [0.2, 0.25) is 5.91 Å². The van der Waals surface area contributed by atoms with Gasteiger partial charge in [0, 0.05) is 38.2 Å². The minimum Gasteiger partial charge on any atom is -0.368 e. The number of fused-ring (bicyclic) bond motifs is 2. The summed E-state index contributed by atoms with van der Waals surface area (Å²) in [5, 5.41) is 4.96. The molecule has 1 aliphatic carbocycles. The van der Waals surface area contributed by atoms with E-state index in [0.29, 0.717) is 12.5 Å². The van der Waals surface area contributed by atoms with Crippen molar-refractivity contribution in [1.29, 1.82) is 0 Å². The quantitative estimate of drug-likeness (QED) is 0.655. The number of carbonyl (C=O) groups is 1. The number of benzene rings is 1. The van der Waals surface area contributed by atoms with Gasteiger partial charge in [-0.1, -0.05) is 18.2 Å². The molecule has 1 amide bonds. The van der Waals surface area contributed by atoms with Crippen molar-refractivity contribution in [3.63, 3.8) is 0 Å². The highest BCUT2D eigenvalue weighted by Crippen LogP contribution is 2.50. The Hall–Kier alpha value is -2.93. The fraction of sp³-hybridized carbons (Fsp3) is 0.458. The minimum absolute atomic E-state index is 0.237. The molecule has 3 aromatic rings. The van der Waals surface area contributed by atoms with Crippen molar-refractivity contribution in [2.75, 3.05) is 19.7 Å². The molecule has 2 fully saturated rings. The molecule has 2 aromatic heterocycles. The van der Waals surface area contributed by atoms with Gasteiger partial charge in [0.05, 0.1) is 29.7 Å². The van der Waals surface area contributed by atoms with Gasteiger partial charge in [0.15, 0.2) is 0 Å². The van der Waals surface area contributed by atoms with E-state index in [9.17, 15) is 4.79 Å². The fourth-order valence-corrected chi connectivity index (χ4v) is 5.22. The molecule has 0 unspecified atom stereocenters. The normalized spacial score (nSPS) is 21.1. The Morgan fingerprint density at radius 1 is 1.10 bits per heavy atom. The van der Waals surface area contributed by atoms with Gasteiger partial charge in [0.1, 0.15) is 5.60 Å². The van der Waals surface area contributed by atoms with Gasteiger partial charge >= 0.3 is 0 Å². The second-order valence-electron chi connectivity index (χ2n) is 9.18. The molecule has 0 atom stereocenters. The van der Waals surface area contributed by atoms with E-state index in [4.69, 9.17) is 9.84 Å². The molecule has 7 heteroatoms. The number of carbonyl (C=O) groups excluding carboxylic acids is 1. The van der Waals surface area contributed by atoms with Crippen molar-refractivity contribution in [2.24, 2.45) is 5.41 Å². The maximum absolute atomic E-state index is 13.3. The topological polar surface area (TPSA) is 65.2 Å². The Labute approximate surface area is 181 Å². The summed E-state index contributed by atoms with van der Waals surface area (Å²) in [4.78, 5) is 19.5. The molecular formula is C24H27N5O2. The molecule has 160 valence electrons. The van der Waals surface area contributed by atoms with Crippen LogP contribution in [0, 0.1) is 5.41 Å². The highest BCUT2D eigenvalue weighted by Gasteiger charge is 2.53. The molecule has 7 nitrogen and oxygen atoms in total. The summed E-state index contributed by atoms with van der Waals surface area (Å²) >= 11 is 0. The Morgan fingerprint density at radius 2 is 1.90 bits per heavy atom. The number of hydrogen-bond donors (Lipinski definition) is 0. The smallest absolute Gasteiger partial charge is 0.230 e. The minimum atomic E-state index is -0.370. The predicted octanol–water partition coefficient (Wildman–Crippen LogP) is 2.94. The van der Waals surface area contributed by atoms with Crippen LogP contribution in [0.2, 0.25) is 0 Å². The summed E-state index contributed by atoms with van der Waals surface area (Å²) in [5.74, 6) is 0.293. The van der Waals surface area contributed by atoms with E-state index in [1.54, 1.807) is 12.5 Å². The summed E-state index contributed by atoms with van der Waals surface area (Å²) in [6, 6.07) is 10.2. The Balaban J connectivity index is 1.20. The Kier molecular flexibility index (Phi) is 4.28. The van der Waals surface area contributed by atoms with Crippen LogP contribution in [0.3, 0.4) is 0 Å². The first-order valence-corrected chi connectivity index (χ1v) is 11.2. The molecule has 1 aromatic carbocycles. The third-order valence-corrected chi connectivity index (χ3v) is 7.20. The van der Waals surface area contributed by atoms with Crippen molar-refractivity contribution >= 4 is 5.91 Å². The number of nitrogens with zero attached hydrogens (tertiary/aromatic N) is 5. The molecule has 0 N–H and O–H groups in total. The van der Waals surface area contributed by atoms with Crippen LogP contribution < -0.4 is 0 Å². The van der Waals surface area contributed by atoms with Crippen LogP contribution in [0.5, 0.6) is 0 Å². The molecular weight excluding hydrogens is 390 g/mol. The van der Waals surface area contributed by atoms with Crippen LogP contribution in [0.15, 0.2) is 55.2 Å². The maximum atomic E-state index is 13.3. The monoisotopic (exact) mass is 417 g/mol. The number of ether oxygens (including phenoxy) is 1. The van der Waals surface area contributed by atoms with Gasteiger partial charge < -0.3 is 14.2 Å². The molecule has 2 aliphatic heterocycles. The van der Waals surface area contributed by atoms with Crippen molar-refractivity contribution < 1.29 is 9.53 Å². The number of para-hydroxylation sites is 1. The molecule has 0 bridgehead atoms. The van der Waals surface area contributed by atoms with E-state index >= 15 is 0 Å². The second-order valence-corrected chi connectivity index (χ2v) is 9.18. The maximum Gasteiger partial charge on any atom is 0.230 e. The number of piperidine rings is 1. The van der Waals surface area contributed by atoms with Crippen LogP contribution in [0.1, 0.15) is 36.9 Å². The van der Waals surface area contributed by atoms with Crippen LogP contribution >= 0.6 is 0 Å². The van der Waals surface area contributed by atoms with Crippen molar-refractivity contribution in [1.82, 2.24) is 24.2 Å². The van der Waals surface area contributed by atoms with Crippen LogP contribution in [-0.2, 0) is 28.1 Å². The summed E-state index contributed by atoms with van der Waals surface area (Å²) in [5.41, 5.74) is 2.79. The Morgan fingerprint density at radius 3 is 2.61 bits per heavy atom. The van der Waals surface area contributed by atoms with Crippen molar-refractivity contribution in [2.45, 2.75) is 44.2 Å². The van der Waals surface area contributed by atoms with E-state index in [2.05, 4.69) is 28.2 Å². The average Bonchev–Trinajstić information content (AvgIpc) is 3.19. The van der Waals surface area contributed by atoms with E-state index in [0.717, 1.165) is 63.1 Å². The van der Waals surface area contributed by atoms with Gasteiger partial charge in [-0.2, -0.15) is 5.10 Å². The summed E-state index contributed by atoms with van der Waals surface area (Å²) in [6.45, 7) is 2.89. The lowest BCUT2D eigenvalue weighted by Gasteiger charge is -2.43. The lowest BCUT2D eigenvalue weighted by atomic mass is 9.83. The predicted molar refractivity (Wildman–Crippen MR) is 115 cm³/mol. The molecule has 1 saturated heterocycles. The third kappa shape index (κ3) is 3.19. The number of imidazole rings is 1. The highest BCUT2D eigenvalue weighted by atomic mass is 16.5. The lowest BCUT2D eigenvalue weighted by Crippen LogP contribution is -2.50. The Bertz CT molecular complexity index is 1080. The van der Waals surface area contributed by atoms with Crippen LogP contribution in [0.4, 0.5) is 0 Å². The fourth-order valence-electron chi connectivity index (χ4n) is 5.22. The summed E-state index contributed by atoms with van der Waals surface area (Å²) < 4.78 is 10.4. The third-order valence-electron chi connectivity index (χ3n) is 7.20. The highest BCUT2D eigenvalue weighted by molar-refractivity contribution is 5.85. The van der Waals surface area contributed by atoms with Gasteiger partial charge in [0.25, 0.3) is 0 Å². The number of rotatable bonds is 4. The first-order chi connectivity index (χ1) is 15.2. The molecule has 4 heterocycles. The number of likely N-dealkylation sites (tertiary alicyclic amines) is 1. The summed E-state index contributed by atoms with van der Waals surface area (Å²) in [6.07, 6.45) is 12.1. The molecule has 1 saturated carbocycles. The van der Waals surface area contributed by atoms with E-state index in [-0.39, 0.29) is 11.0 Å². The second kappa shape index (κ2) is 7.05. The molecule has 0 radical (unpaired) electrons. The summed E-state index contributed by atoms with van der Waals surface area (Å²) in [7, 11) is 0. The molecule has 3 aliphatic rings. The first-order valence-electron chi connectivity index (χ1n) is 11.2. The number of aromatic nitrogens is 4. The van der Waals surface area contributed by atoms with E-state index in [1.165, 1.54) is 5.56 Å². The molecule has 31 heavy (non-hydrogen) atoms. The molecule has 1 spiro atoms. The average molecular weight is 418 g/mol. The largest absolute Gasteiger partial charge is 0.368 e. The first kappa shape index (κ1) is 18.8. The van der Waals surface area contributed by atoms with Crippen molar-refractivity contribution in [3.8, 4) is 5.69 Å². The van der Waals surface area contributed by atoms with E-state index < -0.39 is 0 Å². The van der Waals surface area contributed by atoms with Gasteiger partial charge in [-0.15, -0.1) is 0 Å². The molecule has 6 rings (SSSR count). The van der Waals surface area contributed by atoms with E-state index in [1.807, 2.05) is 33.6 Å². The zero-order valence-corrected chi connectivity index (χ0v) is 17.6. The van der Waals surface area contributed by atoms with Gasteiger partial charge in [-0.3, -0.25) is 4.79 Å². The van der Waals surface area contributed by atoms with Gasteiger partial charge in [-0.05, 0) is 49.8 Å². The van der Waals surface area contributed by atoms with Crippen LogP contribution in [0.25, 0.3) is 5.69 Å². The number of amides is 1. The SMILES string of the molecule is O=C(N1CCC2(CC1)OCCc1cn(-c3ccccc3)nc12)C1(Cn2ccnc2)CC1. The zero-order valence-electron chi connectivity index (χ0n) is 17.6. The standard InChI is InChI=1S/C24H27N5O2/c30-22(23(7-8-23)17-27-14-11-25-18-27)28-12-9-24(10-13-28)21-19(6-15-31-24)16-29(26-21)20-4-2-1-3-5-20/h1-5,11,14,16,18H,6-10,12-13,15,17H2. The van der Waals surface area contributed by atoms with Crippen molar-refractivity contribution in [3.05, 3.63) is 66.5 Å². The lowest BCUT2D eigenvalue weighted by molar-refractivity contribution is -0.147. The zero-order chi connectivity index (χ0) is 20.9. The number of hydrogen-bond acceptors (Lipinski definition) is 4. The van der Waals surface area contributed by atoms with Crippen LogP contribution in [-0.4, -0.2) is 49.8 Å². The van der Waals surface area contributed by atoms with Gasteiger partial charge in [-0.25, -0.2) is 9.67 Å².